The van der Waals surface area contributed by atoms with Gasteiger partial charge in [0.2, 0.25) is 0 Å². The van der Waals surface area contributed by atoms with E-state index in [0.717, 1.165) is 5.92 Å². The highest BCUT2D eigenvalue weighted by molar-refractivity contribution is 5.13. The van der Waals surface area contributed by atoms with Crippen LogP contribution in [0.2, 0.25) is 0 Å². The fourth-order valence-electron chi connectivity index (χ4n) is 3.31. The van der Waals surface area contributed by atoms with Crippen molar-refractivity contribution in [3.63, 3.8) is 0 Å². The largest absolute Gasteiger partial charge is 0.332 e. The number of hydrogen-bond acceptors (Lipinski definition) is 2. The molecule has 3 nitrogen and oxygen atoms in total. The van der Waals surface area contributed by atoms with E-state index in [9.17, 15) is 0 Å². The lowest BCUT2D eigenvalue weighted by Gasteiger charge is -2.23. The fraction of sp³-hybridized carbons (Fsp3) is 0.786. The molecule has 0 radical (unpaired) electrons. The lowest BCUT2D eigenvalue weighted by molar-refractivity contribution is 0.348. The van der Waals surface area contributed by atoms with Crippen molar-refractivity contribution in [2.24, 2.45) is 5.92 Å². The Morgan fingerprint density at radius 2 is 2.24 bits per heavy atom. The third-order valence-electron chi connectivity index (χ3n) is 4.46. The average Bonchev–Trinajstić information content (AvgIpc) is 2.93. The van der Waals surface area contributed by atoms with E-state index in [1.165, 1.54) is 57.0 Å². The molecule has 2 atom stereocenters. The van der Waals surface area contributed by atoms with E-state index < -0.39 is 0 Å². The summed E-state index contributed by atoms with van der Waals surface area (Å²) in [5.74, 6) is 2.88. The standard InChI is InChI=1S/C14H23N3/c1-3-16-6-5-12(10-16)14-15-9-13-8-11(2)4-7-17(13)14/h9,11-12H,3-8,10H2,1-2H3. The molecule has 3 rings (SSSR count). The molecule has 0 amide bonds. The molecule has 1 aromatic rings. The molecule has 3 heteroatoms. The van der Waals surface area contributed by atoms with Gasteiger partial charge in [-0.1, -0.05) is 13.8 Å². The lowest BCUT2D eigenvalue weighted by Crippen LogP contribution is -2.22. The molecule has 0 saturated carbocycles. The average molecular weight is 233 g/mol. The molecule has 1 saturated heterocycles. The number of nitrogens with zero attached hydrogens (tertiary/aromatic N) is 3. The van der Waals surface area contributed by atoms with Crippen LogP contribution < -0.4 is 0 Å². The Kier molecular flexibility index (Phi) is 2.95. The number of fused-ring (bicyclic) bond motifs is 1. The Labute approximate surface area is 104 Å². The Hall–Kier alpha value is -0.830. The van der Waals surface area contributed by atoms with Crippen molar-refractivity contribution in [3.8, 4) is 0 Å². The first-order valence-corrected chi connectivity index (χ1v) is 7.04. The Bertz CT molecular complexity index is 396. The Morgan fingerprint density at radius 1 is 1.35 bits per heavy atom. The highest BCUT2D eigenvalue weighted by atomic mass is 15.2. The smallest absolute Gasteiger partial charge is 0.113 e. The van der Waals surface area contributed by atoms with E-state index in [4.69, 9.17) is 4.98 Å². The van der Waals surface area contributed by atoms with Crippen molar-refractivity contribution < 1.29 is 0 Å². The van der Waals surface area contributed by atoms with E-state index in [-0.39, 0.29) is 0 Å². The van der Waals surface area contributed by atoms with Gasteiger partial charge >= 0.3 is 0 Å². The third-order valence-corrected chi connectivity index (χ3v) is 4.46. The zero-order chi connectivity index (χ0) is 11.8. The van der Waals surface area contributed by atoms with Crippen LogP contribution in [0.5, 0.6) is 0 Å². The van der Waals surface area contributed by atoms with Crippen molar-refractivity contribution in [1.29, 1.82) is 0 Å². The summed E-state index contributed by atoms with van der Waals surface area (Å²) in [5, 5.41) is 0. The third kappa shape index (κ3) is 2.01. The highest BCUT2D eigenvalue weighted by Gasteiger charge is 2.28. The van der Waals surface area contributed by atoms with Gasteiger partial charge in [0.15, 0.2) is 0 Å². The zero-order valence-electron chi connectivity index (χ0n) is 11.0. The fourth-order valence-corrected chi connectivity index (χ4v) is 3.31. The minimum Gasteiger partial charge on any atom is -0.332 e. The van der Waals surface area contributed by atoms with Gasteiger partial charge in [-0.05, 0) is 38.3 Å². The molecule has 3 heterocycles. The van der Waals surface area contributed by atoms with E-state index in [1.807, 2.05) is 0 Å². The maximum absolute atomic E-state index is 4.72. The summed E-state index contributed by atoms with van der Waals surface area (Å²) in [6.07, 6.45) is 5.96. The van der Waals surface area contributed by atoms with Crippen molar-refractivity contribution in [3.05, 3.63) is 17.7 Å². The minimum absolute atomic E-state index is 0.678. The predicted molar refractivity (Wildman–Crippen MR) is 69.2 cm³/mol. The molecule has 0 N–H and O–H groups in total. The van der Waals surface area contributed by atoms with Crippen LogP contribution in [0.4, 0.5) is 0 Å². The van der Waals surface area contributed by atoms with Crippen LogP contribution in [0.1, 0.15) is 44.1 Å². The van der Waals surface area contributed by atoms with Crippen LogP contribution in [0.25, 0.3) is 0 Å². The summed E-state index contributed by atoms with van der Waals surface area (Å²) in [7, 11) is 0. The van der Waals surface area contributed by atoms with E-state index >= 15 is 0 Å². The van der Waals surface area contributed by atoms with Crippen molar-refractivity contribution in [2.75, 3.05) is 19.6 Å². The molecule has 17 heavy (non-hydrogen) atoms. The second kappa shape index (κ2) is 4.45. The molecule has 2 aliphatic heterocycles. The second-order valence-corrected chi connectivity index (χ2v) is 5.74. The topological polar surface area (TPSA) is 21.1 Å². The Balaban J connectivity index is 1.80. The number of likely N-dealkylation sites (tertiary alicyclic amines) is 1. The van der Waals surface area contributed by atoms with Crippen LogP contribution in [-0.2, 0) is 13.0 Å². The first-order valence-electron chi connectivity index (χ1n) is 7.04. The summed E-state index contributed by atoms with van der Waals surface area (Å²) in [4.78, 5) is 7.26. The first-order chi connectivity index (χ1) is 8.28. The van der Waals surface area contributed by atoms with Gasteiger partial charge in [-0.3, -0.25) is 0 Å². The molecule has 2 aliphatic rings. The molecule has 94 valence electrons. The second-order valence-electron chi connectivity index (χ2n) is 5.74. The van der Waals surface area contributed by atoms with Gasteiger partial charge in [-0.15, -0.1) is 0 Å². The number of rotatable bonds is 2. The van der Waals surface area contributed by atoms with Crippen LogP contribution in [0, 0.1) is 5.92 Å². The molecule has 0 spiro atoms. The quantitative estimate of drug-likeness (QED) is 0.781. The molecular weight excluding hydrogens is 210 g/mol. The van der Waals surface area contributed by atoms with E-state index in [0.29, 0.717) is 5.92 Å². The molecule has 1 aromatic heterocycles. The summed E-state index contributed by atoms with van der Waals surface area (Å²) in [6.45, 7) is 9.44. The highest BCUT2D eigenvalue weighted by Crippen LogP contribution is 2.30. The van der Waals surface area contributed by atoms with Gasteiger partial charge in [0.05, 0.1) is 0 Å². The number of likely N-dealkylation sites (N-methyl/N-ethyl adjacent to an activating group) is 1. The summed E-state index contributed by atoms with van der Waals surface area (Å²) in [6, 6.07) is 0. The summed E-state index contributed by atoms with van der Waals surface area (Å²) >= 11 is 0. The van der Waals surface area contributed by atoms with Gasteiger partial charge in [0.25, 0.3) is 0 Å². The number of hydrogen-bond donors (Lipinski definition) is 0. The maximum Gasteiger partial charge on any atom is 0.113 e. The monoisotopic (exact) mass is 233 g/mol. The summed E-state index contributed by atoms with van der Waals surface area (Å²) in [5.41, 5.74) is 1.47. The molecular formula is C14H23N3. The van der Waals surface area contributed by atoms with E-state index in [1.54, 1.807) is 0 Å². The van der Waals surface area contributed by atoms with Gasteiger partial charge in [-0.25, -0.2) is 4.98 Å². The maximum atomic E-state index is 4.72. The van der Waals surface area contributed by atoms with Crippen LogP contribution in [0.15, 0.2) is 6.20 Å². The van der Waals surface area contributed by atoms with Crippen molar-refractivity contribution in [1.82, 2.24) is 14.5 Å². The van der Waals surface area contributed by atoms with Crippen molar-refractivity contribution >= 4 is 0 Å². The molecule has 0 aromatic carbocycles. The van der Waals surface area contributed by atoms with Crippen LogP contribution in [0.3, 0.4) is 0 Å². The molecule has 0 aliphatic carbocycles. The minimum atomic E-state index is 0.678. The lowest BCUT2D eigenvalue weighted by atomic mass is 9.98. The van der Waals surface area contributed by atoms with Gasteiger partial charge in [0, 0.05) is 30.9 Å². The van der Waals surface area contributed by atoms with E-state index in [2.05, 4.69) is 29.5 Å². The van der Waals surface area contributed by atoms with Crippen LogP contribution in [-0.4, -0.2) is 34.1 Å². The number of imidazole rings is 1. The molecule has 2 unspecified atom stereocenters. The van der Waals surface area contributed by atoms with Gasteiger partial charge < -0.3 is 9.47 Å². The van der Waals surface area contributed by atoms with Gasteiger partial charge in [-0.2, -0.15) is 0 Å². The summed E-state index contributed by atoms with van der Waals surface area (Å²) < 4.78 is 2.50. The zero-order valence-corrected chi connectivity index (χ0v) is 11.0. The normalized spacial score (nSPS) is 29.5. The van der Waals surface area contributed by atoms with Gasteiger partial charge in [0.1, 0.15) is 5.82 Å². The predicted octanol–water partition coefficient (Wildman–Crippen LogP) is 2.27. The first kappa shape index (κ1) is 11.3. The van der Waals surface area contributed by atoms with Crippen LogP contribution >= 0.6 is 0 Å². The van der Waals surface area contributed by atoms with Crippen molar-refractivity contribution in [2.45, 2.75) is 45.6 Å². The SMILES string of the molecule is CCN1CCC(c2ncc3n2CCC(C)C3)C1. The Morgan fingerprint density at radius 3 is 3.00 bits per heavy atom. The molecule has 0 bridgehead atoms. The number of aromatic nitrogens is 2. The molecule has 1 fully saturated rings.